The molecule has 1 aromatic rings. The van der Waals surface area contributed by atoms with Gasteiger partial charge in [-0.1, -0.05) is 20.8 Å². The molecule has 1 aromatic heterocycles. The van der Waals surface area contributed by atoms with E-state index in [-0.39, 0.29) is 11.1 Å². The Morgan fingerprint density at radius 2 is 2.08 bits per heavy atom. The lowest BCUT2D eigenvalue weighted by molar-refractivity contribution is 0.517. The first-order valence-corrected chi connectivity index (χ1v) is 4.02. The number of nitrogens with zero attached hydrogens (tertiary/aromatic N) is 2. The van der Waals surface area contributed by atoms with Gasteiger partial charge in [0.15, 0.2) is 11.5 Å². The maximum Gasteiger partial charge on any atom is 0.176 e. The largest absolute Gasteiger partial charge is 0.243 e. The molecule has 1 rings (SSSR count). The second-order valence-corrected chi connectivity index (χ2v) is 3.88. The Morgan fingerprint density at radius 1 is 1.46 bits per heavy atom. The van der Waals surface area contributed by atoms with Crippen molar-refractivity contribution in [2.24, 2.45) is 0 Å². The Labute approximate surface area is 77.0 Å². The Hall–Kier alpha value is -1.43. The smallest absolute Gasteiger partial charge is 0.176 e. The van der Waals surface area contributed by atoms with Crippen molar-refractivity contribution in [1.29, 1.82) is 5.26 Å². The molecule has 68 valence electrons. The molecule has 0 aliphatic carbocycles. The van der Waals surface area contributed by atoms with E-state index in [0.29, 0.717) is 5.56 Å². The summed E-state index contributed by atoms with van der Waals surface area (Å²) in [4.78, 5) is 3.63. The summed E-state index contributed by atoms with van der Waals surface area (Å²) in [6.07, 6.45) is 1.46. The van der Waals surface area contributed by atoms with E-state index in [1.807, 2.05) is 20.8 Å². The summed E-state index contributed by atoms with van der Waals surface area (Å²) in [5.41, 5.74) is 0.102. The summed E-state index contributed by atoms with van der Waals surface area (Å²) in [6.45, 7) is 5.69. The summed E-state index contributed by atoms with van der Waals surface area (Å²) >= 11 is 0. The minimum Gasteiger partial charge on any atom is -0.243 e. The molecule has 0 fully saturated rings. The summed E-state index contributed by atoms with van der Waals surface area (Å²) in [5.74, 6) is -0.502. The van der Waals surface area contributed by atoms with Crippen LogP contribution in [0.5, 0.6) is 0 Å². The van der Waals surface area contributed by atoms with Crippen LogP contribution in [-0.4, -0.2) is 4.98 Å². The minimum absolute atomic E-state index is 0.132. The molecule has 0 bridgehead atoms. The first kappa shape index (κ1) is 9.66. The summed E-state index contributed by atoms with van der Waals surface area (Å²) in [5, 5.41) is 8.56. The molecular weight excluding hydrogens is 167 g/mol. The zero-order valence-corrected chi connectivity index (χ0v) is 7.93. The number of pyridine rings is 1. The lowest BCUT2D eigenvalue weighted by Gasteiger charge is -2.19. The predicted molar refractivity (Wildman–Crippen MR) is 47.6 cm³/mol. The molecule has 0 saturated heterocycles. The number of rotatable bonds is 0. The number of aromatic nitrogens is 1. The zero-order valence-electron chi connectivity index (χ0n) is 7.93. The van der Waals surface area contributed by atoms with Gasteiger partial charge in [-0.3, -0.25) is 0 Å². The van der Waals surface area contributed by atoms with Gasteiger partial charge >= 0.3 is 0 Å². The van der Waals surface area contributed by atoms with Crippen LogP contribution in [0.3, 0.4) is 0 Å². The molecule has 0 unspecified atom stereocenters. The average Bonchev–Trinajstić information content (AvgIpc) is 2.02. The fourth-order valence-electron chi connectivity index (χ4n) is 1.10. The number of hydrogen-bond acceptors (Lipinski definition) is 2. The minimum atomic E-state index is -0.502. The zero-order chi connectivity index (χ0) is 10.1. The van der Waals surface area contributed by atoms with Gasteiger partial charge in [0, 0.05) is 6.20 Å². The van der Waals surface area contributed by atoms with Crippen LogP contribution in [0.15, 0.2) is 12.3 Å². The van der Waals surface area contributed by atoms with E-state index in [1.165, 1.54) is 6.20 Å². The highest BCUT2D eigenvalue weighted by Gasteiger charge is 2.20. The van der Waals surface area contributed by atoms with Gasteiger partial charge in [-0.2, -0.15) is 5.26 Å². The van der Waals surface area contributed by atoms with Crippen LogP contribution in [0, 0.1) is 17.1 Å². The van der Waals surface area contributed by atoms with Gasteiger partial charge in [0.1, 0.15) is 6.07 Å². The molecule has 0 radical (unpaired) electrons. The van der Waals surface area contributed by atoms with Crippen LogP contribution in [0.2, 0.25) is 0 Å². The summed E-state index contributed by atoms with van der Waals surface area (Å²) in [7, 11) is 0. The second-order valence-electron chi connectivity index (χ2n) is 3.88. The molecule has 13 heavy (non-hydrogen) atoms. The van der Waals surface area contributed by atoms with E-state index in [2.05, 4.69) is 4.98 Å². The van der Waals surface area contributed by atoms with E-state index >= 15 is 0 Å². The lowest BCUT2D eigenvalue weighted by atomic mass is 9.87. The van der Waals surface area contributed by atoms with Gasteiger partial charge in [-0.25, -0.2) is 9.37 Å². The molecule has 0 amide bonds. The fraction of sp³-hybridized carbons (Fsp3) is 0.400. The maximum absolute atomic E-state index is 13.5. The van der Waals surface area contributed by atoms with Gasteiger partial charge in [0.05, 0.1) is 0 Å². The molecule has 0 spiro atoms. The highest BCUT2D eigenvalue weighted by atomic mass is 19.1. The van der Waals surface area contributed by atoms with Crippen molar-refractivity contribution in [3.05, 3.63) is 29.3 Å². The van der Waals surface area contributed by atoms with Gasteiger partial charge in [0.2, 0.25) is 0 Å². The molecule has 0 aromatic carbocycles. The lowest BCUT2D eigenvalue weighted by Crippen LogP contribution is -2.14. The van der Waals surface area contributed by atoms with Crippen molar-refractivity contribution < 1.29 is 4.39 Å². The molecule has 0 aliphatic rings. The number of nitriles is 1. The van der Waals surface area contributed by atoms with Crippen molar-refractivity contribution in [2.75, 3.05) is 0 Å². The van der Waals surface area contributed by atoms with Crippen molar-refractivity contribution in [3.63, 3.8) is 0 Å². The standard InChI is InChI=1S/C10H11FN2/c1-10(2,3)7-4-5-13-8(6-12)9(7)11/h4-5H,1-3H3. The van der Waals surface area contributed by atoms with E-state index in [0.717, 1.165) is 0 Å². The van der Waals surface area contributed by atoms with Crippen LogP contribution in [0.4, 0.5) is 4.39 Å². The quantitative estimate of drug-likeness (QED) is 0.611. The van der Waals surface area contributed by atoms with E-state index in [4.69, 9.17) is 5.26 Å². The Morgan fingerprint density at radius 3 is 2.54 bits per heavy atom. The van der Waals surface area contributed by atoms with E-state index in [1.54, 1.807) is 12.1 Å². The third-order valence-corrected chi connectivity index (χ3v) is 1.80. The second kappa shape index (κ2) is 3.14. The molecule has 1 heterocycles. The first-order valence-electron chi connectivity index (χ1n) is 4.02. The van der Waals surface area contributed by atoms with Crippen LogP contribution in [0.25, 0.3) is 0 Å². The molecule has 2 nitrogen and oxygen atoms in total. The Bertz CT molecular complexity index is 358. The third kappa shape index (κ3) is 1.83. The Balaban J connectivity index is 3.34. The van der Waals surface area contributed by atoms with Crippen molar-refractivity contribution >= 4 is 0 Å². The van der Waals surface area contributed by atoms with Crippen molar-refractivity contribution in [2.45, 2.75) is 26.2 Å². The van der Waals surface area contributed by atoms with Crippen LogP contribution < -0.4 is 0 Å². The van der Waals surface area contributed by atoms with Gasteiger partial charge in [-0.15, -0.1) is 0 Å². The molecule has 0 aliphatic heterocycles. The highest BCUT2D eigenvalue weighted by molar-refractivity contribution is 5.31. The average molecular weight is 178 g/mol. The fourth-order valence-corrected chi connectivity index (χ4v) is 1.10. The van der Waals surface area contributed by atoms with Crippen LogP contribution >= 0.6 is 0 Å². The topological polar surface area (TPSA) is 36.7 Å². The SMILES string of the molecule is CC(C)(C)c1ccnc(C#N)c1F. The molecular formula is C10H11FN2. The van der Waals surface area contributed by atoms with Crippen molar-refractivity contribution in [1.82, 2.24) is 4.98 Å². The van der Waals surface area contributed by atoms with E-state index < -0.39 is 5.82 Å². The maximum atomic E-state index is 13.5. The Kier molecular flexibility index (Phi) is 2.33. The van der Waals surface area contributed by atoms with Crippen LogP contribution in [-0.2, 0) is 5.41 Å². The predicted octanol–water partition coefficient (Wildman–Crippen LogP) is 2.39. The molecule has 0 saturated carbocycles. The van der Waals surface area contributed by atoms with Gasteiger partial charge in [-0.05, 0) is 17.0 Å². The number of hydrogen-bond donors (Lipinski definition) is 0. The monoisotopic (exact) mass is 178 g/mol. The normalized spacial score (nSPS) is 11.0. The summed E-state index contributed by atoms with van der Waals surface area (Å²) < 4.78 is 13.5. The third-order valence-electron chi connectivity index (χ3n) is 1.80. The molecule has 0 N–H and O–H groups in total. The van der Waals surface area contributed by atoms with Crippen molar-refractivity contribution in [3.8, 4) is 6.07 Å². The van der Waals surface area contributed by atoms with Gasteiger partial charge in [0.25, 0.3) is 0 Å². The molecule has 0 atom stereocenters. The first-order chi connectivity index (χ1) is 5.96. The van der Waals surface area contributed by atoms with Crippen LogP contribution in [0.1, 0.15) is 32.0 Å². The van der Waals surface area contributed by atoms with E-state index in [9.17, 15) is 4.39 Å². The molecule has 3 heteroatoms. The van der Waals surface area contributed by atoms with Gasteiger partial charge < -0.3 is 0 Å². The number of halogens is 1. The summed E-state index contributed by atoms with van der Waals surface area (Å²) in [6, 6.07) is 3.33. The highest BCUT2D eigenvalue weighted by Crippen LogP contribution is 2.25.